The van der Waals surface area contributed by atoms with Crippen LogP contribution in [0.3, 0.4) is 0 Å². The maximum absolute atomic E-state index is 5.81. The minimum atomic E-state index is 0.510. The molecule has 2 rings (SSSR count). The molecule has 0 fully saturated rings. The van der Waals surface area contributed by atoms with E-state index in [0.29, 0.717) is 25.0 Å². The molecule has 0 saturated heterocycles. The van der Waals surface area contributed by atoms with Gasteiger partial charge in [-0.1, -0.05) is 45.9 Å². The maximum Gasteiger partial charge on any atom is 0.122 e. The largest absolute Gasteiger partial charge is 0.490 e. The fourth-order valence-corrected chi connectivity index (χ4v) is 3.10. The molecular weight excluding hydrogens is 316 g/mol. The highest BCUT2D eigenvalue weighted by Gasteiger charge is 2.02. The van der Waals surface area contributed by atoms with Gasteiger partial charge in [0.25, 0.3) is 0 Å². The van der Waals surface area contributed by atoms with Gasteiger partial charge < -0.3 is 9.47 Å². The van der Waals surface area contributed by atoms with Crippen molar-refractivity contribution in [2.24, 2.45) is 5.92 Å². The monoisotopic (exact) mass is 344 g/mol. The van der Waals surface area contributed by atoms with Crippen LogP contribution in [0.25, 0.3) is 0 Å². The molecule has 0 saturated carbocycles. The second-order valence-corrected chi connectivity index (χ2v) is 7.70. The average molecular weight is 345 g/mol. The standard InChI is InChI=1S/C21H28O2S/c1-16(2)15-24-21-10-6-9-20(14-21)23-12-11-22-19-8-5-7-18(13-19)17(3)4/h5-10,13-14,16-17H,11-12,15H2,1-4H3. The number of ether oxygens (including phenoxy) is 2. The Labute approximate surface area is 150 Å². The lowest BCUT2D eigenvalue weighted by Gasteiger charge is -2.11. The van der Waals surface area contributed by atoms with Crippen LogP contribution in [0.15, 0.2) is 53.4 Å². The van der Waals surface area contributed by atoms with Crippen LogP contribution in [0, 0.1) is 5.92 Å². The molecule has 2 aromatic rings. The van der Waals surface area contributed by atoms with Gasteiger partial charge in [0.1, 0.15) is 24.7 Å². The van der Waals surface area contributed by atoms with Gasteiger partial charge in [0, 0.05) is 10.6 Å². The summed E-state index contributed by atoms with van der Waals surface area (Å²) in [7, 11) is 0. The molecule has 24 heavy (non-hydrogen) atoms. The van der Waals surface area contributed by atoms with Crippen molar-refractivity contribution in [3.8, 4) is 11.5 Å². The van der Waals surface area contributed by atoms with Crippen molar-refractivity contribution < 1.29 is 9.47 Å². The first-order valence-corrected chi connectivity index (χ1v) is 9.61. The fraction of sp³-hybridized carbons (Fsp3) is 0.429. The highest BCUT2D eigenvalue weighted by atomic mass is 32.2. The van der Waals surface area contributed by atoms with Gasteiger partial charge in [-0.05, 0) is 47.7 Å². The minimum Gasteiger partial charge on any atom is -0.490 e. The van der Waals surface area contributed by atoms with E-state index in [2.05, 4.69) is 52.0 Å². The zero-order chi connectivity index (χ0) is 17.4. The van der Waals surface area contributed by atoms with Crippen molar-refractivity contribution in [1.29, 1.82) is 0 Å². The molecule has 0 radical (unpaired) electrons. The van der Waals surface area contributed by atoms with Gasteiger partial charge in [-0.15, -0.1) is 11.8 Å². The van der Waals surface area contributed by atoms with E-state index in [1.54, 1.807) is 0 Å². The number of rotatable bonds is 9. The van der Waals surface area contributed by atoms with Crippen molar-refractivity contribution in [1.82, 2.24) is 0 Å². The quantitative estimate of drug-likeness (QED) is 0.409. The molecule has 2 nitrogen and oxygen atoms in total. The summed E-state index contributed by atoms with van der Waals surface area (Å²) in [5.74, 6) is 4.14. The molecule has 130 valence electrons. The Morgan fingerprint density at radius 1 is 0.833 bits per heavy atom. The summed E-state index contributed by atoms with van der Waals surface area (Å²) in [6.45, 7) is 9.94. The molecule has 2 aromatic carbocycles. The van der Waals surface area contributed by atoms with Crippen molar-refractivity contribution >= 4 is 11.8 Å². The Morgan fingerprint density at radius 3 is 2.08 bits per heavy atom. The van der Waals surface area contributed by atoms with E-state index in [0.717, 1.165) is 17.3 Å². The first-order valence-electron chi connectivity index (χ1n) is 8.63. The minimum absolute atomic E-state index is 0.510. The van der Waals surface area contributed by atoms with Gasteiger partial charge in [-0.25, -0.2) is 0 Å². The molecule has 0 aliphatic rings. The van der Waals surface area contributed by atoms with Crippen LogP contribution in [-0.4, -0.2) is 19.0 Å². The maximum atomic E-state index is 5.81. The molecule has 0 N–H and O–H groups in total. The first kappa shape index (κ1) is 18.7. The van der Waals surface area contributed by atoms with Crippen LogP contribution >= 0.6 is 11.8 Å². The van der Waals surface area contributed by atoms with Gasteiger partial charge in [0.15, 0.2) is 0 Å². The third-order valence-corrected chi connectivity index (χ3v) is 4.95. The summed E-state index contributed by atoms with van der Waals surface area (Å²) >= 11 is 1.87. The fourth-order valence-electron chi connectivity index (χ4n) is 2.20. The van der Waals surface area contributed by atoms with Crippen molar-refractivity contribution in [2.45, 2.75) is 38.5 Å². The Bertz CT molecular complexity index is 623. The van der Waals surface area contributed by atoms with Crippen LogP contribution in [-0.2, 0) is 0 Å². The summed E-state index contributed by atoms with van der Waals surface area (Å²) in [4.78, 5) is 1.26. The second-order valence-electron chi connectivity index (χ2n) is 6.60. The Balaban J connectivity index is 1.78. The number of hydrogen-bond acceptors (Lipinski definition) is 3. The van der Waals surface area contributed by atoms with Crippen LogP contribution < -0.4 is 9.47 Å². The summed E-state index contributed by atoms with van der Waals surface area (Å²) < 4.78 is 11.6. The SMILES string of the molecule is CC(C)CSc1cccc(OCCOc2cccc(C(C)C)c2)c1. The predicted molar refractivity (Wildman–Crippen MR) is 104 cm³/mol. The smallest absolute Gasteiger partial charge is 0.122 e. The van der Waals surface area contributed by atoms with Gasteiger partial charge in [-0.3, -0.25) is 0 Å². The molecule has 0 heterocycles. The molecule has 3 heteroatoms. The van der Waals surface area contributed by atoms with Crippen LogP contribution in [0.4, 0.5) is 0 Å². The first-order chi connectivity index (χ1) is 11.5. The van der Waals surface area contributed by atoms with Crippen molar-refractivity contribution in [3.05, 3.63) is 54.1 Å². The highest BCUT2D eigenvalue weighted by Crippen LogP contribution is 2.25. The Hall–Kier alpha value is -1.61. The predicted octanol–water partition coefficient (Wildman–Crippen LogP) is 6.02. The Kier molecular flexibility index (Phi) is 7.51. The van der Waals surface area contributed by atoms with E-state index in [1.165, 1.54) is 10.5 Å². The number of thioether (sulfide) groups is 1. The molecule has 0 unspecified atom stereocenters. The van der Waals surface area contributed by atoms with E-state index in [4.69, 9.17) is 9.47 Å². The van der Waals surface area contributed by atoms with Gasteiger partial charge >= 0.3 is 0 Å². The lowest BCUT2D eigenvalue weighted by molar-refractivity contribution is 0.216. The van der Waals surface area contributed by atoms with E-state index >= 15 is 0 Å². The summed E-state index contributed by atoms with van der Waals surface area (Å²) in [6, 6.07) is 16.6. The average Bonchev–Trinajstić information content (AvgIpc) is 2.57. The van der Waals surface area contributed by atoms with E-state index in [9.17, 15) is 0 Å². The van der Waals surface area contributed by atoms with E-state index in [-0.39, 0.29) is 0 Å². The topological polar surface area (TPSA) is 18.5 Å². The Morgan fingerprint density at radius 2 is 1.46 bits per heavy atom. The number of hydrogen-bond donors (Lipinski definition) is 0. The zero-order valence-electron chi connectivity index (χ0n) is 15.1. The van der Waals surface area contributed by atoms with E-state index in [1.807, 2.05) is 36.0 Å². The zero-order valence-corrected chi connectivity index (χ0v) is 15.9. The third-order valence-electron chi connectivity index (χ3n) is 3.53. The van der Waals surface area contributed by atoms with Gasteiger partial charge in [-0.2, -0.15) is 0 Å². The normalized spacial score (nSPS) is 11.1. The molecular formula is C21H28O2S. The van der Waals surface area contributed by atoms with Crippen molar-refractivity contribution in [2.75, 3.05) is 19.0 Å². The molecule has 0 spiro atoms. The molecule has 0 atom stereocenters. The molecule has 0 bridgehead atoms. The van der Waals surface area contributed by atoms with E-state index < -0.39 is 0 Å². The third kappa shape index (κ3) is 6.48. The lowest BCUT2D eigenvalue weighted by Crippen LogP contribution is -2.09. The lowest BCUT2D eigenvalue weighted by atomic mass is 10.0. The van der Waals surface area contributed by atoms with Crippen LogP contribution in [0.1, 0.15) is 39.2 Å². The van der Waals surface area contributed by atoms with Crippen molar-refractivity contribution in [3.63, 3.8) is 0 Å². The number of benzene rings is 2. The summed E-state index contributed by atoms with van der Waals surface area (Å²) in [5, 5.41) is 0. The van der Waals surface area contributed by atoms with Crippen LogP contribution in [0.5, 0.6) is 11.5 Å². The van der Waals surface area contributed by atoms with Gasteiger partial charge in [0.05, 0.1) is 0 Å². The highest BCUT2D eigenvalue weighted by molar-refractivity contribution is 7.99. The summed E-state index contributed by atoms with van der Waals surface area (Å²) in [6.07, 6.45) is 0. The second kappa shape index (κ2) is 9.63. The summed E-state index contributed by atoms with van der Waals surface area (Å²) in [5.41, 5.74) is 1.29. The van der Waals surface area contributed by atoms with Crippen LogP contribution in [0.2, 0.25) is 0 Å². The molecule has 0 aliphatic carbocycles. The molecule has 0 aliphatic heterocycles. The van der Waals surface area contributed by atoms with Gasteiger partial charge in [0.2, 0.25) is 0 Å². The molecule has 0 aromatic heterocycles. The molecule has 0 amide bonds.